The number of hydrogen-bond donors (Lipinski definition) is 0. The van der Waals surface area contributed by atoms with Gasteiger partial charge in [0.05, 0.1) is 5.69 Å². The van der Waals surface area contributed by atoms with Crippen LogP contribution in [0.15, 0.2) is 88.0 Å². The molecule has 0 aliphatic carbocycles. The molecule has 1 aliphatic heterocycles. The van der Waals surface area contributed by atoms with Gasteiger partial charge >= 0.3 is 0 Å². The van der Waals surface area contributed by atoms with Crippen LogP contribution in [0, 0.1) is 13.8 Å². The Morgan fingerprint density at radius 2 is 1.57 bits per heavy atom. The summed E-state index contributed by atoms with van der Waals surface area (Å²) in [5, 5.41) is 0. The molecule has 0 fully saturated rings. The van der Waals surface area contributed by atoms with Gasteiger partial charge in [0, 0.05) is 10.0 Å². The molecule has 3 aromatic carbocycles. The maximum Gasteiger partial charge on any atom is 0.282 e. The Morgan fingerprint density at radius 1 is 0.893 bits per heavy atom. The molecule has 4 heteroatoms. The molecule has 28 heavy (non-hydrogen) atoms. The maximum absolute atomic E-state index is 13.3. The predicted octanol–water partition coefficient (Wildman–Crippen LogP) is 5.90. The zero-order valence-electron chi connectivity index (χ0n) is 15.7. The van der Waals surface area contributed by atoms with Crippen LogP contribution in [0.1, 0.15) is 22.3 Å². The van der Waals surface area contributed by atoms with E-state index >= 15 is 0 Å². The van der Waals surface area contributed by atoms with E-state index < -0.39 is 0 Å². The number of carbonyl (C=O) groups is 1. The quantitative estimate of drug-likeness (QED) is 0.476. The number of halogens is 1. The van der Waals surface area contributed by atoms with E-state index in [1.165, 1.54) is 5.56 Å². The van der Waals surface area contributed by atoms with E-state index in [1.807, 2.05) is 92.7 Å². The second-order valence-corrected chi connectivity index (χ2v) is 7.73. The normalized spacial score (nSPS) is 15.2. The number of carbonyl (C=O) groups excluding carboxylic acids is 1. The van der Waals surface area contributed by atoms with E-state index in [-0.39, 0.29) is 5.91 Å². The number of aliphatic imine (C=N–C) groups is 1. The molecule has 0 aromatic heterocycles. The lowest BCUT2D eigenvalue weighted by Crippen LogP contribution is -2.33. The maximum atomic E-state index is 13.3. The van der Waals surface area contributed by atoms with Crippen molar-refractivity contribution in [3.05, 3.63) is 105 Å². The highest BCUT2D eigenvalue weighted by atomic mass is 79.9. The van der Waals surface area contributed by atoms with Crippen LogP contribution in [0.25, 0.3) is 6.08 Å². The molecule has 3 nitrogen and oxygen atoms in total. The van der Waals surface area contributed by atoms with Crippen LogP contribution in [0.5, 0.6) is 0 Å². The number of hydrogen-bond acceptors (Lipinski definition) is 2. The first-order chi connectivity index (χ1) is 13.5. The lowest BCUT2D eigenvalue weighted by molar-refractivity contribution is -0.113. The molecule has 0 atom stereocenters. The molecule has 0 unspecified atom stereocenters. The Morgan fingerprint density at radius 3 is 2.25 bits per heavy atom. The van der Waals surface area contributed by atoms with Crippen LogP contribution < -0.4 is 4.90 Å². The minimum atomic E-state index is -0.118. The molecule has 138 valence electrons. The molecule has 1 amide bonds. The molecule has 0 spiro atoms. The number of para-hydroxylation sites is 1. The van der Waals surface area contributed by atoms with Gasteiger partial charge in [-0.05, 0) is 49.2 Å². The molecule has 1 aliphatic rings. The van der Waals surface area contributed by atoms with Gasteiger partial charge in [-0.25, -0.2) is 4.99 Å². The van der Waals surface area contributed by atoms with Crippen molar-refractivity contribution in [2.24, 2.45) is 4.99 Å². The van der Waals surface area contributed by atoms with Gasteiger partial charge in [0.2, 0.25) is 0 Å². The van der Waals surface area contributed by atoms with E-state index in [1.54, 1.807) is 4.90 Å². The fraction of sp³-hybridized carbons (Fsp3) is 0.0833. The standard InChI is InChI=1S/C24H19BrN2O/c1-16-7-11-19(12-8-16)23-26-21(15-18-9-13-20(25)14-10-18)24(28)27(23)22-6-4-3-5-17(22)2/h3-15H,1-2H3/b21-15-. The molecular formula is C24H19BrN2O. The molecule has 3 aromatic rings. The molecule has 0 saturated carbocycles. The fourth-order valence-electron chi connectivity index (χ4n) is 3.17. The van der Waals surface area contributed by atoms with Crippen LogP contribution >= 0.6 is 15.9 Å². The zero-order valence-corrected chi connectivity index (χ0v) is 17.3. The topological polar surface area (TPSA) is 32.7 Å². The summed E-state index contributed by atoms with van der Waals surface area (Å²) < 4.78 is 0.998. The number of amidine groups is 1. The summed E-state index contributed by atoms with van der Waals surface area (Å²) in [6.07, 6.45) is 1.83. The Bertz CT molecular complexity index is 1100. The second-order valence-electron chi connectivity index (χ2n) is 6.81. The van der Waals surface area contributed by atoms with Crippen molar-refractivity contribution in [1.29, 1.82) is 0 Å². The highest BCUT2D eigenvalue weighted by Crippen LogP contribution is 2.30. The van der Waals surface area contributed by atoms with Crippen molar-refractivity contribution in [3.63, 3.8) is 0 Å². The van der Waals surface area contributed by atoms with E-state index in [0.717, 1.165) is 26.9 Å². The SMILES string of the molecule is Cc1ccc(C2=N/C(=C\c3ccc(Br)cc3)C(=O)N2c2ccccc2C)cc1. The van der Waals surface area contributed by atoms with Gasteiger partial charge in [0.15, 0.2) is 0 Å². The van der Waals surface area contributed by atoms with Crippen molar-refractivity contribution in [3.8, 4) is 0 Å². The van der Waals surface area contributed by atoms with Gasteiger partial charge in [-0.1, -0.05) is 76.1 Å². The highest BCUT2D eigenvalue weighted by Gasteiger charge is 2.33. The first-order valence-electron chi connectivity index (χ1n) is 9.06. The highest BCUT2D eigenvalue weighted by molar-refractivity contribution is 9.10. The molecule has 0 saturated heterocycles. The van der Waals surface area contributed by atoms with E-state index in [9.17, 15) is 4.79 Å². The number of aryl methyl sites for hydroxylation is 2. The number of nitrogens with zero attached hydrogens (tertiary/aromatic N) is 2. The number of rotatable bonds is 3. The largest absolute Gasteiger partial charge is 0.282 e. The monoisotopic (exact) mass is 430 g/mol. The van der Waals surface area contributed by atoms with Gasteiger partial charge in [0.25, 0.3) is 5.91 Å². The van der Waals surface area contributed by atoms with Crippen LogP contribution in [0.3, 0.4) is 0 Å². The third-order valence-electron chi connectivity index (χ3n) is 4.70. The number of anilines is 1. The van der Waals surface area contributed by atoms with Crippen LogP contribution in [0.4, 0.5) is 5.69 Å². The molecule has 4 rings (SSSR count). The van der Waals surface area contributed by atoms with Crippen molar-refractivity contribution in [1.82, 2.24) is 0 Å². The Balaban J connectivity index is 1.84. The van der Waals surface area contributed by atoms with Crippen molar-refractivity contribution < 1.29 is 4.79 Å². The Hall–Kier alpha value is -2.98. The summed E-state index contributed by atoms with van der Waals surface area (Å²) in [6.45, 7) is 4.05. The molecular weight excluding hydrogens is 412 g/mol. The predicted molar refractivity (Wildman–Crippen MR) is 119 cm³/mol. The minimum absolute atomic E-state index is 0.118. The van der Waals surface area contributed by atoms with Gasteiger partial charge < -0.3 is 0 Å². The van der Waals surface area contributed by atoms with Crippen LogP contribution in [-0.2, 0) is 4.79 Å². The Kier molecular flexibility index (Phi) is 4.97. The Labute approximate surface area is 173 Å². The summed E-state index contributed by atoms with van der Waals surface area (Å²) >= 11 is 3.44. The van der Waals surface area contributed by atoms with E-state index in [4.69, 9.17) is 4.99 Å². The van der Waals surface area contributed by atoms with Gasteiger partial charge in [0.1, 0.15) is 11.5 Å². The minimum Gasteiger partial charge on any atom is -0.266 e. The van der Waals surface area contributed by atoms with Crippen LogP contribution in [0.2, 0.25) is 0 Å². The average molecular weight is 431 g/mol. The van der Waals surface area contributed by atoms with Gasteiger partial charge in [-0.15, -0.1) is 0 Å². The van der Waals surface area contributed by atoms with E-state index in [0.29, 0.717) is 11.5 Å². The average Bonchev–Trinajstić information content (AvgIpc) is 3.01. The molecule has 0 bridgehead atoms. The number of benzene rings is 3. The van der Waals surface area contributed by atoms with Crippen molar-refractivity contribution >= 4 is 39.4 Å². The third kappa shape index (κ3) is 3.56. The van der Waals surface area contributed by atoms with Crippen LogP contribution in [-0.4, -0.2) is 11.7 Å². The summed E-state index contributed by atoms with van der Waals surface area (Å²) in [6, 6.07) is 23.8. The molecule has 1 heterocycles. The first-order valence-corrected chi connectivity index (χ1v) is 9.85. The third-order valence-corrected chi connectivity index (χ3v) is 5.23. The van der Waals surface area contributed by atoms with Gasteiger partial charge in [-0.2, -0.15) is 0 Å². The summed E-state index contributed by atoms with van der Waals surface area (Å²) in [4.78, 5) is 19.8. The first kappa shape index (κ1) is 18.4. The molecule has 0 N–H and O–H groups in total. The van der Waals surface area contributed by atoms with Crippen molar-refractivity contribution in [2.45, 2.75) is 13.8 Å². The summed E-state index contributed by atoms with van der Waals surface area (Å²) in [7, 11) is 0. The van der Waals surface area contributed by atoms with Gasteiger partial charge in [-0.3, -0.25) is 9.69 Å². The smallest absolute Gasteiger partial charge is 0.266 e. The zero-order chi connectivity index (χ0) is 19.7. The van der Waals surface area contributed by atoms with Crippen molar-refractivity contribution in [2.75, 3.05) is 4.90 Å². The lowest BCUT2D eigenvalue weighted by Gasteiger charge is -2.20. The van der Waals surface area contributed by atoms with E-state index in [2.05, 4.69) is 15.9 Å². The molecule has 0 radical (unpaired) electrons. The summed E-state index contributed by atoms with van der Waals surface area (Å²) in [5.74, 6) is 0.537. The number of amides is 1. The lowest BCUT2D eigenvalue weighted by atomic mass is 10.1. The second kappa shape index (κ2) is 7.56. The fourth-order valence-corrected chi connectivity index (χ4v) is 3.43. The summed E-state index contributed by atoms with van der Waals surface area (Å²) in [5.41, 5.74) is 5.33.